The lowest BCUT2D eigenvalue weighted by molar-refractivity contribution is 0.320. The van der Waals surface area contributed by atoms with E-state index in [9.17, 15) is 0 Å². The second-order valence-electron chi connectivity index (χ2n) is 8.10. The average molecular weight is 433 g/mol. The highest BCUT2D eigenvalue weighted by molar-refractivity contribution is 6.32. The number of fused-ring (bicyclic) bond motifs is 1. The number of likely N-dealkylation sites (tertiary alicyclic amines) is 1. The van der Waals surface area contributed by atoms with Crippen LogP contribution in [0, 0.1) is 0 Å². The summed E-state index contributed by atoms with van der Waals surface area (Å²) >= 11 is 6.14. The van der Waals surface area contributed by atoms with Gasteiger partial charge in [0, 0.05) is 42.7 Å². The third-order valence-corrected chi connectivity index (χ3v) is 6.19. The number of nitrogens with zero attached hydrogens (tertiary/aromatic N) is 3. The number of hydrogen-bond donors (Lipinski definition) is 1. The maximum absolute atomic E-state index is 6.14. The molecule has 2 aromatic carbocycles. The summed E-state index contributed by atoms with van der Waals surface area (Å²) in [7, 11) is 0. The molecule has 4 aromatic rings. The summed E-state index contributed by atoms with van der Waals surface area (Å²) in [4.78, 5) is 6.92. The van der Waals surface area contributed by atoms with E-state index in [0.717, 1.165) is 55.1 Å². The van der Waals surface area contributed by atoms with Gasteiger partial charge >= 0.3 is 0 Å². The number of hydrogen-bond acceptors (Lipinski definition) is 4. The zero-order valence-electron chi connectivity index (χ0n) is 17.3. The van der Waals surface area contributed by atoms with Gasteiger partial charge in [-0.1, -0.05) is 35.9 Å². The molecule has 1 fully saturated rings. The van der Waals surface area contributed by atoms with Gasteiger partial charge in [0.2, 0.25) is 0 Å². The van der Waals surface area contributed by atoms with Crippen molar-refractivity contribution in [2.45, 2.75) is 25.3 Å². The summed E-state index contributed by atoms with van der Waals surface area (Å²) in [5.41, 5.74) is 4.63. The molecular formula is C25H25ClN4O. The second-order valence-corrected chi connectivity index (χ2v) is 8.51. The van der Waals surface area contributed by atoms with Crippen molar-refractivity contribution in [2.75, 3.05) is 19.7 Å². The molecule has 0 saturated carbocycles. The van der Waals surface area contributed by atoms with Crippen molar-refractivity contribution in [2.24, 2.45) is 0 Å². The van der Waals surface area contributed by atoms with E-state index in [0.29, 0.717) is 17.5 Å². The Morgan fingerprint density at radius 1 is 1.10 bits per heavy atom. The number of para-hydroxylation sites is 1. The van der Waals surface area contributed by atoms with Gasteiger partial charge in [0.25, 0.3) is 0 Å². The largest absolute Gasteiger partial charge is 0.492 e. The standard InChI is InChI=1S/C25H25ClN4O/c26-22-5-1-2-6-25(22)31-13-10-21-15-24(29-28-21)20-9-12-30(17-20)16-18-7-8-23-19(14-18)4-3-11-27-23/h1-8,11,14-15,20H,9-10,12-13,16-17H2,(H,28,29). The van der Waals surface area contributed by atoms with Crippen molar-refractivity contribution in [3.05, 3.63) is 88.8 Å². The van der Waals surface area contributed by atoms with Gasteiger partial charge in [0.15, 0.2) is 0 Å². The van der Waals surface area contributed by atoms with E-state index in [1.807, 2.05) is 36.5 Å². The number of H-pyrrole nitrogens is 1. The number of aromatic nitrogens is 3. The van der Waals surface area contributed by atoms with Crippen LogP contribution in [0.15, 0.2) is 66.9 Å². The van der Waals surface area contributed by atoms with E-state index in [-0.39, 0.29) is 0 Å². The van der Waals surface area contributed by atoms with Gasteiger partial charge in [-0.25, -0.2) is 0 Å². The number of ether oxygens (including phenoxy) is 1. The molecule has 0 aliphatic carbocycles. The summed E-state index contributed by atoms with van der Waals surface area (Å²) in [5, 5.41) is 9.60. The molecule has 1 atom stereocenters. The van der Waals surface area contributed by atoms with Gasteiger partial charge < -0.3 is 4.74 Å². The van der Waals surface area contributed by atoms with Gasteiger partial charge in [0.1, 0.15) is 5.75 Å². The Bertz CT molecular complexity index is 1170. The van der Waals surface area contributed by atoms with Crippen LogP contribution in [0.2, 0.25) is 5.02 Å². The van der Waals surface area contributed by atoms with E-state index < -0.39 is 0 Å². The van der Waals surface area contributed by atoms with Gasteiger partial charge in [-0.2, -0.15) is 5.10 Å². The zero-order valence-corrected chi connectivity index (χ0v) is 18.1. The van der Waals surface area contributed by atoms with Crippen molar-refractivity contribution in [3.63, 3.8) is 0 Å². The lowest BCUT2D eigenvalue weighted by Crippen LogP contribution is -2.19. The maximum Gasteiger partial charge on any atom is 0.137 e. The third-order valence-electron chi connectivity index (χ3n) is 5.88. The summed E-state index contributed by atoms with van der Waals surface area (Å²) in [5.74, 6) is 1.19. The van der Waals surface area contributed by atoms with Gasteiger partial charge in [-0.3, -0.25) is 15.0 Å². The predicted molar refractivity (Wildman–Crippen MR) is 124 cm³/mol. The maximum atomic E-state index is 6.14. The third kappa shape index (κ3) is 4.73. The van der Waals surface area contributed by atoms with E-state index in [4.69, 9.17) is 16.3 Å². The average Bonchev–Trinajstić information content (AvgIpc) is 3.45. The first kappa shape index (κ1) is 20.0. The molecule has 1 aliphatic rings. The first-order chi connectivity index (χ1) is 15.2. The van der Waals surface area contributed by atoms with Crippen molar-refractivity contribution in [3.8, 4) is 5.75 Å². The normalized spacial score (nSPS) is 16.7. The van der Waals surface area contributed by atoms with Gasteiger partial charge in [0.05, 0.1) is 22.8 Å². The summed E-state index contributed by atoms with van der Waals surface area (Å²) in [6.45, 7) is 3.66. The molecular weight excluding hydrogens is 408 g/mol. The molecule has 1 aliphatic heterocycles. The van der Waals surface area contributed by atoms with Crippen LogP contribution in [0.4, 0.5) is 0 Å². The van der Waals surface area contributed by atoms with Crippen molar-refractivity contribution < 1.29 is 4.74 Å². The monoisotopic (exact) mass is 432 g/mol. The van der Waals surface area contributed by atoms with E-state index in [1.165, 1.54) is 10.9 Å². The summed E-state index contributed by atoms with van der Waals surface area (Å²) in [6.07, 6.45) is 3.75. The first-order valence-corrected chi connectivity index (χ1v) is 11.1. The number of benzene rings is 2. The molecule has 31 heavy (non-hydrogen) atoms. The van der Waals surface area contributed by atoms with E-state index in [2.05, 4.69) is 50.4 Å². The first-order valence-electron chi connectivity index (χ1n) is 10.7. The molecule has 158 valence electrons. The van der Waals surface area contributed by atoms with E-state index >= 15 is 0 Å². The molecule has 3 heterocycles. The molecule has 0 radical (unpaired) electrons. The van der Waals surface area contributed by atoms with Crippen molar-refractivity contribution >= 4 is 22.5 Å². The van der Waals surface area contributed by atoms with Crippen LogP contribution in [0.5, 0.6) is 5.75 Å². The van der Waals surface area contributed by atoms with Crippen LogP contribution in [-0.4, -0.2) is 39.8 Å². The summed E-state index contributed by atoms with van der Waals surface area (Å²) < 4.78 is 5.80. The van der Waals surface area contributed by atoms with Crippen molar-refractivity contribution in [1.82, 2.24) is 20.1 Å². The Hall–Kier alpha value is -2.89. The number of rotatable bonds is 7. The molecule has 1 unspecified atom stereocenters. The number of aromatic amines is 1. The van der Waals surface area contributed by atoms with Crippen LogP contribution in [0.3, 0.4) is 0 Å². The lowest BCUT2D eigenvalue weighted by atomic mass is 10.0. The van der Waals surface area contributed by atoms with Gasteiger partial charge in [-0.05, 0) is 54.9 Å². The molecule has 2 aromatic heterocycles. The molecule has 0 bridgehead atoms. The minimum Gasteiger partial charge on any atom is -0.492 e. The molecule has 1 N–H and O–H groups in total. The molecule has 6 heteroatoms. The Morgan fingerprint density at radius 3 is 2.97 bits per heavy atom. The fourth-order valence-electron chi connectivity index (χ4n) is 4.25. The molecule has 5 rings (SSSR count). The SMILES string of the molecule is Clc1ccccc1OCCc1cc(C2CCN(Cc3ccc4ncccc4c3)C2)n[nH]1. The predicted octanol–water partition coefficient (Wildman–Crippen LogP) is 5.22. The van der Waals surface area contributed by atoms with E-state index in [1.54, 1.807) is 0 Å². The van der Waals surface area contributed by atoms with Crippen LogP contribution in [-0.2, 0) is 13.0 Å². The highest BCUT2D eigenvalue weighted by atomic mass is 35.5. The minimum atomic E-state index is 0.469. The number of halogens is 1. The Kier molecular flexibility index (Phi) is 5.87. The second kappa shape index (κ2) is 9.08. The Morgan fingerprint density at radius 2 is 2.03 bits per heavy atom. The minimum absolute atomic E-state index is 0.469. The molecule has 0 spiro atoms. The lowest BCUT2D eigenvalue weighted by Gasteiger charge is -2.16. The van der Waals surface area contributed by atoms with Crippen LogP contribution < -0.4 is 4.74 Å². The number of nitrogens with one attached hydrogen (secondary N) is 1. The smallest absolute Gasteiger partial charge is 0.137 e. The van der Waals surface area contributed by atoms with Crippen molar-refractivity contribution in [1.29, 1.82) is 0 Å². The topological polar surface area (TPSA) is 54.0 Å². The highest BCUT2D eigenvalue weighted by Gasteiger charge is 2.25. The Balaban J connectivity index is 1.15. The molecule has 5 nitrogen and oxygen atoms in total. The molecule has 0 amide bonds. The van der Waals surface area contributed by atoms with Crippen LogP contribution in [0.25, 0.3) is 10.9 Å². The van der Waals surface area contributed by atoms with Crippen LogP contribution in [0.1, 0.15) is 29.3 Å². The van der Waals surface area contributed by atoms with Gasteiger partial charge in [-0.15, -0.1) is 0 Å². The quantitative estimate of drug-likeness (QED) is 0.435. The fourth-order valence-corrected chi connectivity index (χ4v) is 4.44. The molecule has 1 saturated heterocycles. The summed E-state index contributed by atoms with van der Waals surface area (Å²) in [6, 6.07) is 20.4. The fraction of sp³-hybridized carbons (Fsp3) is 0.280. The number of pyridine rings is 1. The highest BCUT2D eigenvalue weighted by Crippen LogP contribution is 2.28. The Labute approximate surface area is 187 Å². The van der Waals surface area contributed by atoms with Crippen LogP contribution >= 0.6 is 11.6 Å². The zero-order chi connectivity index (χ0) is 21.0.